The van der Waals surface area contributed by atoms with E-state index < -0.39 is 5.91 Å². The predicted molar refractivity (Wildman–Crippen MR) is 128 cm³/mol. The van der Waals surface area contributed by atoms with Crippen molar-refractivity contribution in [3.8, 4) is 11.8 Å². The van der Waals surface area contributed by atoms with Gasteiger partial charge in [-0.15, -0.1) is 5.10 Å². The van der Waals surface area contributed by atoms with Gasteiger partial charge in [0.2, 0.25) is 0 Å². The van der Waals surface area contributed by atoms with Crippen LogP contribution in [0.2, 0.25) is 0 Å². The molecule has 2 amide bonds. The Hall–Kier alpha value is -4.97. The third kappa shape index (κ3) is 4.47. The molecular weight excluding hydrogens is 432 g/mol. The van der Waals surface area contributed by atoms with Crippen LogP contribution in [-0.2, 0) is 0 Å². The molecule has 0 saturated carbocycles. The average Bonchev–Trinajstić information content (AvgIpc) is 3.30. The highest BCUT2D eigenvalue weighted by atomic mass is 16.5. The van der Waals surface area contributed by atoms with Gasteiger partial charge in [0.25, 0.3) is 11.8 Å². The number of hydrogen-bond donors (Lipinski definition) is 2. The second-order valence-corrected chi connectivity index (χ2v) is 7.20. The second-order valence-electron chi connectivity index (χ2n) is 7.20. The normalized spacial score (nSPS) is 11.0. The first kappa shape index (κ1) is 22.2. The highest BCUT2D eigenvalue weighted by molar-refractivity contribution is 6.10. The minimum absolute atomic E-state index is 0.268. The molecule has 168 valence electrons. The highest BCUT2D eigenvalue weighted by Crippen LogP contribution is 2.21. The monoisotopic (exact) mass is 452 g/mol. The smallest absolute Gasteiger partial charge is 0.255 e. The zero-order chi connectivity index (χ0) is 24.1. The number of carbonyl (C=O) groups excluding carboxylic acids is 2. The van der Waals surface area contributed by atoms with Crippen LogP contribution in [0.1, 0.15) is 26.3 Å². The molecule has 1 heterocycles. The van der Waals surface area contributed by atoms with E-state index >= 15 is 0 Å². The van der Waals surface area contributed by atoms with Gasteiger partial charge in [-0.3, -0.25) is 9.59 Å². The van der Waals surface area contributed by atoms with Crippen molar-refractivity contribution in [1.29, 1.82) is 5.26 Å². The van der Waals surface area contributed by atoms with Crippen LogP contribution in [0.15, 0.2) is 66.7 Å². The van der Waals surface area contributed by atoms with Gasteiger partial charge < -0.3 is 15.4 Å². The van der Waals surface area contributed by atoms with Crippen LogP contribution >= 0.6 is 0 Å². The molecule has 0 bridgehead atoms. The number of anilines is 1. The molecule has 2 N–H and O–H groups in total. The molecule has 0 aliphatic rings. The van der Waals surface area contributed by atoms with Crippen molar-refractivity contribution < 1.29 is 14.3 Å². The summed E-state index contributed by atoms with van der Waals surface area (Å²) in [7, 11) is 3.11. The fraction of sp³-hybridized carbons (Fsp3) is 0.0800. The van der Waals surface area contributed by atoms with Gasteiger partial charge in [0.1, 0.15) is 23.0 Å². The molecule has 0 atom stereocenters. The minimum Gasteiger partial charge on any atom is -0.497 e. The predicted octanol–water partition coefficient (Wildman–Crippen LogP) is 3.57. The van der Waals surface area contributed by atoms with Crippen LogP contribution in [0.3, 0.4) is 0 Å². The van der Waals surface area contributed by atoms with Gasteiger partial charge in [0.15, 0.2) is 0 Å². The second kappa shape index (κ2) is 9.67. The maximum Gasteiger partial charge on any atom is 0.255 e. The average molecular weight is 452 g/mol. The number of methoxy groups -OCH3 is 1. The SMILES string of the molecule is CNC(=O)c1ccccc1NC(=O)c1ccc2c(c1)nnn2/C(C#N)=C/c1ccc(OC)cc1. The first-order valence-electron chi connectivity index (χ1n) is 10.3. The van der Waals surface area contributed by atoms with Crippen LogP contribution in [-0.4, -0.2) is 41.0 Å². The maximum atomic E-state index is 12.8. The molecule has 9 heteroatoms. The number of amides is 2. The van der Waals surface area contributed by atoms with Gasteiger partial charge in [0.05, 0.1) is 23.9 Å². The van der Waals surface area contributed by atoms with E-state index in [0.29, 0.717) is 33.6 Å². The van der Waals surface area contributed by atoms with E-state index in [1.54, 1.807) is 67.8 Å². The lowest BCUT2D eigenvalue weighted by molar-refractivity contribution is 0.0964. The Balaban J connectivity index is 1.62. The number of nitriles is 1. The number of nitrogens with zero attached hydrogens (tertiary/aromatic N) is 4. The third-order valence-electron chi connectivity index (χ3n) is 5.12. The Morgan fingerprint density at radius 3 is 2.53 bits per heavy atom. The summed E-state index contributed by atoms with van der Waals surface area (Å²) < 4.78 is 6.58. The summed E-state index contributed by atoms with van der Waals surface area (Å²) >= 11 is 0. The molecule has 9 nitrogen and oxygen atoms in total. The van der Waals surface area contributed by atoms with Crippen molar-refractivity contribution in [3.05, 3.63) is 83.4 Å². The number of fused-ring (bicyclic) bond motifs is 1. The topological polar surface area (TPSA) is 122 Å². The van der Waals surface area contributed by atoms with E-state index in [1.165, 1.54) is 11.7 Å². The van der Waals surface area contributed by atoms with Gasteiger partial charge in [-0.25, -0.2) is 4.68 Å². The standard InChI is InChI=1S/C25H20N6O3/c1-27-25(33)20-5-3-4-6-21(20)28-24(32)17-9-12-23-22(14-17)29-30-31(23)18(15-26)13-16-7-10-19(34-2)11-8-16/h3-14H,1-2H3,(H,27,33)(H,28,32)/b18-13+. The molecule has 0 unspecified atom stereocenters. The van der Waals surface area contributed by atoms with Crippen LogP contribution in [0.25, 0.3) is 22.8 Å². The van der Waals surface area contributed by atoms with E-state index in [1.807, 2.05) is 12.1 Å². The van der Waals surface area contributed by atoms with Crippen LogP contribution in [0.5, 0.6) is 5.75 Å². The van der Waals surface area contributed by atoms with Crippen molar-refractivity contribution in [2.75, 3.05) is 19.5 Å². The van der Waals surface area contributed by atoms with E-state index in [2.05, 4.69) is 27.0 Å². The summed E-state index contributed by atoms with van der Waals surface area (Å²) in [5.74, 6) is 0.00896. The maximum absolute atomic E-state index is 12.8. The lowest BCUT2D eigenvalue weighted by Crippen LogP contribution is -2.21. The summed E-state index contributed by atoms with van der Waals surface area (Å²) in [6.45, 7) is 0. The number of nitrogens with one attached hydrogen (secondary N) is 2. The van der Waals surface area contributed by atoms with Crippen molar-refractivity contribution in [2.24, 2.45) is 0 Å². The van der Waals surface area contributed by atoms with Crippen molar-refractivity contribution in [2.45, 2.75) is 0 Å². The molecule has 1 aromatic heterocycles. The Morgan fingerprint density at radius 1 is 1.06 bits per heavy atom. The molecule has 34 heavy (non-hydrogen) atoms. The highest BCUT2D eigenvalue weighted by Gasteiger charge is 2.15. The molecule has 0 saturated heterocycles. The third-order valence-corrected chi connectivity index (χ3v) is 5.12. The van der Waals surface area contributed by atoms with Crippen molar-refractivity contribution >= 4 is 40.3 Å². The molecule has 3 aromatic carbocycles. The first-order valence-corrected chi connectivity index (χ1v) is 10.3. The quantitative estimate of drug-likeness (QED) is 0.431. The van der Waals surface area contributed by atoms with E-state index in [9.17, 15) is 14.9 Å². The summed E-state index contributed by atoms with van der Waals surface area (Å²) in [6.07, 6.45) is 1.68. The number of para-hydroxylation sites is 1. The molecule has 0 aliphatic carbocycles. The van der Waals surface area contributed by atoms with E-state index in [4.69, 9.17) is 4.74 Å². The molecular formula is C25H20N6O3. The minimum atomic E-state index is -0.401. The molecule has 0 spiro atoms. The molecule has 4 rings (SSSR count). The number of benzene rings is 3. The number of aromatic nitrogens is 3. The van der Waals surface area contributed by atoms with Gasteiger partial charge in [-0.2, -0.15) is 5.26 Å². The largest absolute Gasteiger partial charge is 0.497 e. The van der Waals surface area contributed by atoms with Gasteiger partial charge in [0, 0.05) is 12.6 Å². The summed E-state index contributed by atoms with van der Waals surface area (Å²) in [4.78, 5) is 24.9. The number of ether oxygens (including phenoxy) is 1. The Morgan fingerprint density at radius 2 is 1.82 bits per heavy atom. The van der Waals surface area contributed by atoms with Gasteiger partial charge >= 0.3 is 0 Å². The number of carbonyl (C=O) groups is 2. The fourth-order valence-electron chi connectivity index (χ4n) is 3.36. The Bertz CT molecular complexity index is 1450. The molecule has 0 fully saturated rings. The lowest BCUT2D eigenvalue weighted by atomic mass is 10.1. The number of allylic oxidation sites excluding steroid dienone is 1. The van der Waals surface area contributed by atoms with Crippen molar-refractivity contribution in [3.63, 3.8) is 0 Å². The Kier molecular flexibility index (Phi) is 6.32. The summed E-state index contributed by atoms with van der Waals surface area (Å²) in [6, 6.07) is 21.0. The zero-order valence-electron chi connectivity index (χ0n) is 18.4. The van der Waals surface area contributed by atoms with E-state index in [-0.39, 0.29) is 11.6 Å². The lowest BCUT2D eigenvalue weighted by Gasteiger charge is -2.10. The van der Waals surface area contributed by atoms with E-state index in [0.717, 1.165) is 5.56 Å². The molecule has 0 aliphatic heterocycles. The van der Waals surface area contributed by atoms with Crippen LogP contribution in [0.4, 0.5) is 5.69 Å². The van der Waals surface area contributed by atoms with Crippen LogP contribution in [0, 0.1) is 11.3 Å². The fourth-order valence-corrected chi connectivity index (χ4v) is 3.36. The van der Waals surface area contributed by atoms with Gasteiger partial charge in [-0.05, 0) is 54.1 Å². The first-order chi connectivity index (χ1) is 16.5. The number of hydrogen-bond acceptors (Lipinski definition) is 6. The summed E-state index contributed by atoms with van der Waals surface area (Å²) in [5, 5.41) is 23.2. The molecule has 0 radical (unpaired) electrons. The van der Waals surface area contributed by atoms with Crippen molar-refractivity contribution in [1.82, 2.24) is 20.3 Å². The summed E-state index contributed by atoms with van der Waals surface area (Å²) in [5.41, 5.74) is 3.17. The van der Waals surface area contributed by atoms with Gasteiger partial charge in [-0.1, -0.05) is 29.5 Å². The van der Waals surface area contributed by atoms with Crippen LogP contribution < -0.4 is 15.4 Å². The zero-order valence-corrected chi connectivity index (χ0v) is 18.4. The number of rotatable bonds is 6. The molecule has 4 aromatic rings. The Labute approximate surface area is 195 Å².